The van der Waals surface area contributed by atoms with Crippen molar-refractivity contribution in [2.24, 2.45) is 11.8 Å². The number of halogens is 1. The van der Waals surface area contributed by atoms with Gasteiger partial charge in [0.1, 0.15) is 5.69 Å². The van der Waals surface area contributed by atoms with Crippen molar-refractivity contribution in [3.63, 3.8) is 0 Å². The summed E-state index contributed by atoms with van der Waals surface area (Å²) in [5.41, 5.74) is 1.36. The molecule has 1 aliphatic heterocycles. The number of ether oxygens (including phenoxy) is 1. The van der Waals surface area contributed by atoms with Gasteiger partial charge in [0.15, 0.2) is 0 Å². The van der Waals surface area contributed by atoms with Crippen molar-refractivity contribution in [2.45, 2.75) is 26.7 Å². The van der Waals surface area contributed by atoms with Gasteiger partial charge in [-0.25, -0.2) is 4.79 Å². The molecule has 1 aliphatic rings. The van der Waals surface area contributed by atoms with Crippen molar-refractivity contribution in [2.75, 3.05) is 32.1 Å². The number of piperidine rings is 1. The molecule has 0 aliphatic carbocycles. The molecule has 27 heavy (non-hydrogen) atoms. The standard InChI is InChI=1S/C20H26ClN3O3/c1-12-8-13(2)11-24(10-12)7-6-17(25)23-18-15-9-14(21)4-5-16(15)22-19(18)20(26)27-3/h4-5,9,12-13,22H,6-8,10-11H2,1-3H3,(H,23,25)/t12-,13+. The van der Waals surface area contributed by atoms with Crippen molar-refractivity contribution in [1.82, 2.24) is 9.88 Å². The van der Waals surface area contributed by atoms with Gasteiger partial charge in [0.2, 0.25) is 5.91 Å². The maximum atomic E-state index is 12.6. The summed E-state index contributed by atoms with van der Waals surface area (Å²) in [4.78, 5) is 30.0. The molecule has 2 aromatic rings. The van der Waals surface area contributed by atoms with Crippen molar-refractivity contribution >= 4 is 40.1 Å². The fraction of sp³-hybridized carbons (Fsp3) is 0.500. The highest BCUT2D eigenvalue weighted by molar-refractivity contribution is 6.31. The third kappa shape index (κ3) is 4.62. The van der Waals surface area contributed by atoms with Gasteiger partial charge in [-0.3, -0.25) is 4.79 Å². The van der Waals surface area contributed by atoms with Crippen LogP contribution in [0.25, 0.3) is 10.9 Å². The number of carbonyl (C=O) groups is 2. The smallest absolute Gasteiger partial charge is 0.356 e. The molecular weight excluding hydrogens is 366 g/mol. The number of esters is 1. The van der Waals surface area contributed by atoms with Gasteiger partial charge in [-0.05, 0) is 36.5 Å². The van der Waals surface area contributed by atoms with E-state index in [2.05, 4.69) is 29.0 Å². The van der Waals surface area contributed by atoms with E-state index in [4.69, 9.17) is 16.3 Å². The maximum Gasteiger partial charge on any atom is 0.356 e. The number of hydrogen-bond acceptors (Lipinski definition) is 4. The van der Waals surface area contributed by atoms with E-state index < -0.39 is 5.97 Å². The molecule has 1 aromatic carbocycles. The first-order valence-electron chi connectivity index (χ1n) is 9.29. The average molecular weight is 392 g/mol. The molecule has 1 aromatic heterocycles. The van der Waals surface area contributed by atoms with Crippen LogP contribution >= 0.6 is 11.6 Å². The first-order valence-corrected chi connectivity index (χ1v) is 9.67. The van der Waals surface area contributed by atoms with E-state index in [1.54, 1.807) is 18.2 Å². The lowest BCUT2D eigenvalue weighted by molar-refractivity contribution is -0.116. The normalized spacial score (nSPS) is 20.6. The van der Waals surface area contributed by atoms with Crippen LogP contribution in [-0.4, -0.2) is 48.5 Å². The molecule has 0 bridgehead atoms. The van der Waals surface area contributed by atoms with Gasteiger partial charge in [-0.2, -0.15) is 0 Å². The number of methoxy groups -OCH3 is 1. The fourth-order valence-corrected chi connectivity index (χ4v) is 4.16. The van der Waals surface area contributed by atoms with Crippen LogP contribution in [0.5, 0.6) is 0 Å². The van der Waals surface area contributed by atoms with Gasteiger partial charge in [-0.1, -0.05) is 25.4 Å². The third-order valence-electron chi connectivity index (χ3n) is 5.01. The number of aromatic nitrogens is 1. The van der Waals surface area contributed by atoms with Crippen LogP contribution in [0.4, 0.5) is 5.69 Å². The molecule has 0 saturated carbocycles. The molecule has 6 nitrogen and oxygen atoms in total. The predicted octanol–water partition coefficient (Wildman–Crippen LogP) is 3.91. The molecule has 1 saturated heterocycles. The minimum Gasteiger partial charge on any atom is -0.464 e. The number of likely N-dealkylation sites (tertiary alicyclic amines) is 1. The van der Waals surface area contributed by atoms with E-state index in [-0.39, 0.29) is 11.6 Å². The Morgan fingerprint density at radius 3 is 2.67 bits per heavy atom. The number of rotatable bonds is 5. The number of fused-ring (bicyclic) bond motifs is 1. The number of benzene rings is 1. The minimum atomic E-state index is -0.531. The highest BCUT2D eigenvalue weighted by Crippen LogP contribution is 2.31. The molecule has 2 N–H and O–H groups in total. The third-order valence-corrected chi connectivity index (χ3v) is 5.25. The number of amides is 1. The van der Waals surface area contributed by atoms with Gasteiger partial charge >= 0.3 is 5.97 Å². The first kappa shape index (κ1) is 19.7. The Morgan fingerprint density at radius 2 is 2.00 bits per heavy atom. The van der Waals surface area contributed by atoms with Crippen molar-refractivity contribution in [1.29, 1.82) is 0 Å². The summed E-state index contributed by atoms with van der Waals surface area (Å²) in [5.74, 6) is 0.639. The fourth-order valence-electron chi connectivity index (χ4n) is 3.99. The van der Waals surface area contributed by atoms with Crippen LogP contribution in [0.2, 0.25) is 5.02 Å². The van der Waals surface area contributed by atoms with Crippen LogP contribution < -0.4 is 5.32 Å². The number of carbonyl (C=O) groups excluding carboxylic acids is 2. The van der Waals surface area contributed by atoms with E-state index in [0.717, 1.165) is 13.1 Å². The van der Waals surface area contributed by atoms with E-state index in [1.165, 1.54) is 13.5 Å². The summed E-state index contributed by atoms with van der Waals surface area (Å²) in [5, 5.41) is 4.10. The molecule has 0 unspecified atom stereocenters. The summed E-state index contributed by atoms with van der Waals surface area (Å²) >= 11 is 6.09. The molecule has 1 amide bonds. The Hall–Kier alpha value is -2.05. The molecule has 2 heterocycles. The van der Waals surface area contributed by atoms with E-state index in [9.17, 15) is 9.59 Å². The number of H-pyrrole nitrogens is 1. The lowest BCUT2D eigenvalue weighted by atomic mass is 9.92. The zero-order chi connectivity index (χ0) is 19.6. The van der Waals surface area contributed by atoms with Gasteiger partial charge in [0, 0.05) is 42.0 Å². The molecule has 1 fully saturated rings. The number of anilines is 1. The monoisotopic (exact) mass is 391 g/mol. The zero-order valence-corrected chi connectivity index (χ0v) is 16.7. The number of nitrogens with one attached hydrogen (secondary N) is 2. The van der Waals surface area contributed by atoms with Crippen LogP contribution in [0.3, 0.4) is 0 Å². The Morgan fingerprint density at radius 1 is 1.30 bits per heavy atom. The highest BCUT2D eigenvalue weighted by Gasteiger charge is 2.23. The Bertz CT molecular complexity index is 838. The zero-order valence-electron chi connectivity index (χ0n) is 16.0. The molecule has 0 spiro atoms. The molecule has 0 radical (unpaired) electrons. The second-order valence-corrected chi connectivity index (χ2v) is 8.00. The quantitative estimate of drug-likeness (QED) is 0.757. The minimum absolute atomic E-state index is 0.132. The Kier molecular flexibility index (Phi) is 6.07. The van der Waals surface area contributed by atoms with Crippen LogP contribution in [0.1, 0.15) is 37.2 Å². The average Bonchev–Trinajstić information content (AvgIpc) is 2.96. The lowest BCUT2D eigenvalue weighted by Gasteiger charge is -2.34. The van der Waals surface area contributed by atoms with Crippen molar-refractivity contribution in [3.05, 3.63) is 28.9 Å². The Labute approximate surface area is 164 Å². The topological polar surface area (TPSA) is 74.4 Å². The summed E-state index contributed by atoms with van der Waals surface area (Å²) in [7, 11) is 1.31. The number of aromatic amines is 1. The largest absolute Gasteiger partial charge is 0.464 e. The van der Waals surface area contributed by atoms with Crippen LogP contribution in [-0.2, 0) is 9.53 Å². The van der Waals surface area contributed by atoms with Crippen LogP contribution in [0.15, 0.2) is 18.2 Å². The molecule has 3 rings (SSSR count). The molecule has 146 valence electrons. The van der Waals surface area contributed by atoms with Gasteiger partial charge in [0.05, 0.1) is 12.8 Å². The van der Waals surface area contributed by atoms with E-state index in [0.29, 0.717) is 46.4 Å². The lowest BCUT2D eigenvalue weighted by Crippen LogP contribution is -2.40. The number of nitrogens with zero attached hydrogens (tertiary/aromatic N) is 1. The van der Waals surface area contributed by atoms with E-state index in [1.807, 2.05) is 0 Å². The Balaban J connectivity index is 1.74. The van der Waals surface area contributed by atoms with Crippen molar-refractivity contribution < 1.29 is 14.3 Å². The van der Waals surface area contributed by atoms with E-state index >= 15 is 0 Å². The SMILES string of the molecule is COC(=O)c1[nH]c2ccc(Cl)cc2c1NC(=O)CCN1C[C@H](C)C[C@H](C)C1. The van der Waals surface area contributed by atoms with Gasteiger partial charge in [-0.15, -0.1) is 0 Å². The summed E-state index contributed by atoms with van der Waals surface area (Å²) in [6, 6.07) is 5.23. The summed E-state index contributed by atoms with van der Waals surface area (Å²) < 4.78 is 4.83. The molecule has 7 heteroatoms. The predicted molar refractivity (Wildman–Crippen MR) is 107 cm³/mol. The van der Waals surface area contributed by atoms with Crippen molar-refractivity contribution in [3.8, 4) is 0 Å². The number of hydrogen-bond donors (Lipinski definition) is 2. The summed E-state index contributed by atoms with van der Waals surface area (Å²) in [6.45, 7) is 7.25. The van der Waals surface area contributed by atoms with Crippen LogP contribution in [0, 0.1) is 11.8 Å². The maximum absolute atomic E-state index is 12.6. The highest BCUT2D eigenvalue weighted by atomic mass is 35.5. The molecule has 2 atom stereocenters. The van der Waals surface area contributed by atoms with Gasteiger partial charge in [0.25, 0.3) is 0 Å². The van der Waals surface area contributed by atoms with Gasteiger partial charge < -0.3 is 19.9 Å². The second kappa shape index (κ2) is 8.31. The second-order valence-electron chi connectivity index (χ2n) is 7.56. The first-order chi connectivity index (χ1) is 12.9. The molecular formula is C20H26ClN3O3. The summed E-state index contributed by atoms with van der Waals surface area (Å²) in [6.07, 6.45) is 1.61.